The molecule has 8 nitrogen and oxygen atoms in total. The highest BCUT2D eigenvalue weighted by Gasteiger charge is 2.22. The van der Waals surface area contributed by atoms with Crippen LogP contribution in [0.25, 0.3) is 0 Å². The molecule has 0 fully saturated rings. The molecular weight excluding hydrogens is 366 g/mol. The van der Waals surface area contributed by atoms with Crippen LogP contribution < -0.4 is 20.1 Å². The van der Waals surface area contributed by atoms with Crippen molar-refractivity contribution in [3.05, 3.63) is 23.8 Å². The quantitative estimate of drug-likeness (QED) is 0.663. The van der Waals surface area contributed by atoms with Crippen LogP contribution in [0.3, 0.4) is 0 Å². The lowest BCUT2D eigenvalue weighted by atomic mass is 10.2. The van der Waals surface area contributed by atoms with E-state index in [-0.39, 0.29) is 29.7 Å². The Labute approximate surface area is 155 Å². The molecule has 0 aliphatic rings. The number of carbonyl (C=O) groups is 3. The lowest BCUT2D eigenvalue weighted by Crippen LogP contribution is -2.46. The van der Waals surface area contributed by atoms with E-state index >= 15 is 0 Å². The van der Waals surface area contributed by atoms with Crippen LogP contribution in [0.5, 0.6) is 11.5 Å². The van der Waals surface area contributed by atoms with Gasteiger partial charge < -0.3 is 19.5 Å². The summed E-state index contributed by atoms with van der Waals surface area (Å²) < 4.78 is 39.3. The Balaban J connectivity index is 2.79. The van der Waals surface area contributed by atoms with Gasteiger partial charge in [-0.05, 0) is 45.9 Å². The number of ether oxygens (including phenoxy) is 3. The number of amides is 3. The maximum atomic E-state index is 12.4. The van der Waals surface area contributed by atoms with Gasteiger partial charge in [0.15, 0.2) is 17.6 Å². The van der Waals surface area contributed by atoms with Crippen LogP contribution in [-0.4, -0.2) is 43.3 Å². The number of halogens is 2. The summed E-state index contributed by atoms with van der Waals surface area (Å²) in [5.74, 6) is -2.02. The van der Waals surface area contributed by atoms with Crippen LogP contribution in [-0.2, 0) is 9.53 Å². The lowest BCUT2D eigenvalue weighted by Gasteiger charge is -2.15. The van der Waals surface area contributed by atoms with Gasteiger partial charge in [-0.15, -0.1) is 0 Å². The second-order valence-electron chi connectivity index (χ2n) is 5.64. The second kappa shape index (κ2) is 10.3. The van der Waals surface area contributed by atoms with E-state index in [9.17, 15) is 23.2 Å². The average Bonchev–Trinajstić information content (AvgIpc) is 2.55. The summed E-state index contributed by atoms with van der Waals surface area (Å²) in [6.45, 7) is 3.44. The van der Waals surface area contributed by atoms with Crippen molar-refractivity contribution in [3.8, 4) is 11.5 Å². The Morgan fingerprint density at radius 3 is 2.33 bits per heavy atom. The Morgan fingerprint density at radius 1 is 1.11 bits per heavy atom. The Bertz CT molecular complexity index is 681. The molecule has 0 unspecified atom stereocenters. The van der Waals surface area contributed by atoms with Crippen molar-refractivity contribution in [2.24, 2.45) is 0 Å². The minimum absolute atomic E-state index is 0.0358. The predicted octanol–water partition coefficient (Wildman–Crippen LogP) is 2.47. The largest absolute Gasteiger partial charge is 0.490 e. The topological polar surface area (TPSA) is 103 Å². The fraction of sp³-hybridized carbons (Fsp3) is 0.471. The minimum Gasteiger partial charge on any atom is -0.490 e. The van der Waals surface area contributed by atoms with E-state index in [0.29, 0.717) is 0 Å². The fourth-order valence-corrected chi connectivity index (χ4v) is 1.89. The number of imide groups is 1. The van der Waals surface area contributed by atoms with Crippen LogP contribution in [0.1, 0.15) is 38.1 Å². The normalized spacial score (nSPS) is 11.7. The van der Waals surface area contributed by atoms with Crippen molar-refractivity contribution < 1.29 is 37.4 Å². The summed E-state index contributed by atoms with van der Waals surface area (Å²) in [5.41, 5.74) is -0.0358. The van der Waals surface area contributed by atoms with Gasteiger partial charge in [-0.2, -0.15) is 8.78 Å². The molecular formula is C17H22F2N2O6. The Hall–Kier alpha value is -2.91. The maximum absolute atomic E-state index is 12.4. The first-order valence-electron chi connectivity index (χ1n) is 8.18. The molecule has 0 aliphatic carbocycles. The van der Waals surface area contributed by atoms with E-state index in [0.717, 1.165) is 6.07 Å². The van der Waals surface area contributed by atoms with Crippen molar-refractivity contribution in [2.75, 3.05) is 6.61 Å². The molecule has 0 saturated heterocycles. The highest BCUT2D eigenvalue weighted by molar-refractivity contribution is 5.98. The molecule has 1 aromatic carbocycles. The summed E-state index contributed by atoms with van der Waals surface area (Å²) in [6.07, 6.45) is -1.26. The Morgan fingerprint density at radius 2 is 1.78 bits per heavy atom. The van der Waals surface area contributed by atoms with E-state index in [1.807, 2.05) is 5.32 Å². The van der Waals surface area contributed by atoms with E-state index in [1.54, 1.807) is 20.8 Å². The zero-order chi connectivity index (χ0) is 20.6. The molecule has 150 valence electrons. The highest BCUT2D eigenvalue weighted by Crippen LogP contribution is 2.30. The number of hydrogen-bond acceptors (Lipinski definition) is 6. The first-order valence-corrected chi connectivity index (χ1v) is 8.18. The van der Waals surface area contributed by atoms with Gasteiger partial charge in [0.05, 0.1) is 12.2 Å². The summed E-state index contributed by atoms with van der Waals surface area (Å²) in [7, 11) is 0. The van der Waals surface area contributed by atoms with Gasteiger partial charge in [0.25, 0.3) is 5.91 Å². The smallest absolute Gasteiger partial charge is 0.387 e. The van der Waals surface area contributed by atoms with Crippen LogP contribution in [0.4, 0.5) is 13.6 Å². The monoisotopic (exact) mass is 388 g/mol. The summed E-state index contributed by atoms with van der Waals surface area (Å²) in [4.78, 5) is 35.5. The molecule has 0 heterocycles. The molecule has 1 aromatic rings. The van der Waals surface area contributed by atoms with Crippen molar-refractivity contribution >= 4 is 17.9 Å². The number of esters is 1. The molecule has 0 bridgehead atoms. The zero-order valence-electron chi connectivity index (χ0n) is 15.4. The fourth-order valence-electron chi connectivity index (χ4n) is 1.89. The van der Waals surface area contributed by atoms with E-state index < -0.39 is 30.6 Å². The molecule has 27 heavy (non-hydrogen) atoms. The van der Waals surface area contributed by atoms with Crippen LogP contribution in [0.15, 0.2) is 18.2 Å². The molecule has 0 saturated carbocycles. The first kappa shape index (κ1) is 22.1. The molecule has 1 rings (SSSR count). The zero-order valence-corrected chi connectivity index (χ0v) is 15.4. The van der Waals surface area contributed by atoms with E-state index in [1.165, 1.54) is 19.1 Å². The van der Waals surface area contributed by atoms with E-state index in [2.05, 4.69) is 10.1 Å². The number of nitrogens with one attached hydrogen (secondary N) is 2. The van der Waals surface area contributed by atoms with E-state index in [4.69, 9.17) is 9.47 Å². The number of alkyl halides is 2. The molecule has 0 aromatic heterocycles. The van der Waals surface area contributed by atoms with Gasteiger partial charge >= 0.3 is 18.6 Å². The molecule has 0 spiro atoms. The Kier molecular flexibility index (Phi) is 8.43. The number of benzene rings is 1. The minimum atomic E-state index is -3.05. The number of urea groups is 1. The maximum Gasteiger partial charge on any atom is 0.387 e. The number of rotatable bonds is 8. The van der Waals surface area contributed by atoms with Crippen molar-refractivity contribution in [3.63, 3.8) is 0 Å². The van der Waals surface area contributed by atoms with Gasteiger partial charge in [0.2, 0.25) is 0 Å². The highest BCUT2D eigenvalue weighted by atomic mass is 19.3. The molecule has 0 aliphatic heterocycles. The van der Waals surface area contributed by atoms with Gasteiger partial charge in [0, 0.05) is 6.04 Å². The van der Waals surface area contributed by atoms with Crippen LogP contribution in [0.2, 0.25) is 0 Å². The van der Waals surface area contributed by atoms with Gasteiger partial charge in [-0.1, -0.05) is 0 Å². The van der Waals surface area contributed by atoms with Crippen molar-refractivity contribution in [1.82, 2.24) is 10.6 Å². The van der Waals surface area contributed by atoms with Crippen LogP contribution in [0, 0.1) is 0 Å². The van der Waals surface area contributed by atoms with Gasteiger partial charge in [-0.25, -0.2) is 9.59 Å². The number of carbonyl (C=O) groups excluding carboxylic acids is 3. The summed E-state index contributed by atoms with van der Waals surface area (Å²) in [5, 5.41) is 4.49. The van der Waals surface area contributed by atoms with Gasteiger partial charge in [-0.3, -0.25) is 10.1 Å². The second-order valence-corrected chi connectivity index (χ2v) is 5.64. The third kappa shape index (κ3) is 7.47. The molecule has 10 heteroatoms. The van der Waals surface area contributed by atoms with Crippen LogP contribution >= 0.6 is 0 Å². The average molecular weight is 388 g/mol. The SMILES string of the molecule is CCOc1cc(C(=O)O[C@H](C)C(=O)NC(=O)NC(C)C)ccc1OC(F)F. The van der Waals surface area contributed by atoms with Gasteiger partial charge in [0.1, 0.15) is 0 Å². The third-order valence-electron chi connectivity index (χ3n) is 3.00. The summed E-state index contributed by atoms with van der Waals surface area (Å²) in [6, 6.07) is 2.60. The lowest BCUT2D eigenvalue weighted by molar-refractivity contribution is -0.127. The molecule has 2 N–H and O–H groups in total. The molecule has 1 atom stereocenters. The number of hydrogen-bond donors (Lipinski definition) is 2. The predicted molar refractivity (Wildman–Crippen MR) is 90.9 cm³/mol. The standard InChI is InChI=1S/C17H22F2N2O6/c1-5-25-13-8-11(6-7-12(13)27-16(18)19)15(23)26-10(4)14(22)21-17(24)20-9(2)3/h6-10,16H,5H2,1-4H3,(H2,20,21,22,24)/t10-/m1/s1. The molecule has 3 amide bonds. The first-order chi connectivity index (χ1) is 12.6. The van der Waals surface area contributed by atoms with Crippen molar-refractivity contribution in [1.29, 1.82) is 0 Å². The summed E-state index contributed by atoms with van der Waals surface area (Å²) >= 11 is 0. The van der Waals surface area contributed by atoms with Crippen molar-refractivity contribution in [2.45, 2.75) is 46.5 Å². The molecule has 0 radical (unpaired) electrons. The third-order valence-corrected chi connectivity index (χ3v) is 3.00.